The number of esters is 1. The Morgan fingerprint density at radius 3 is 2.14 bits per heavy atom. The summed E-state index contributed by atoms with van der Waals surface area (Å²) >= 11 is 4.82. The van der Waals surface area contributed by atoms with Crippen LogP contribution in [0.4, 0.5) is 0 Å². The van der Waals surface area contributed by atoms with E-state index in [1.165, 1.54) is 19.1 Å². The first-order chi connectivity index (χ1) is 9.58. The number of hydrogen-bond acceptors (Lipinski definition) is 5. The summed E-state index contributed by atoms with van der Waals surface area (Å²) in [5, 5.41) is 0. The van der Waals surface area contributed by atoms with Crippen LogP contribution in [0.25, 0.3) is 0 Å². The molecule has 0 heterocycles. The maximum Gasteiger partial charge on any atom is 0.355 e. The van der Waals surface area contributed by atoms with Crippen molar-refractivity contribution in [2.75, 3.05) is 14.2 Å². The molecule has 0 saturated carbocycles. The molecule has 1 atom stereocenters. The minimum Gasteiger partial charge on any atom is -0.457 e. The second-order valence-electron chi connectivity index (χ2n) is 5.73. The number of methoxy groups -OCH3 is 1. The van der Waals surface area contributed by atoms with Crippen molar-refractivity contribution in [3.63, 3.8) is 0 Å². The van der Waals surface area contributed by atoms with Crippen LogP contribution >= 0.6 is 27.9 Å². The molecule has 0 bridgehead atoms. The van der Waals surface area contributed by atoms with Crippen molar-refractivity contribution in [3.8, 4) is 0 Å². The Hall–Kier alpha value is -0.560. The van der Waals surface area contributed by atoms with E-state index in [2.05, 4.69) is 15.9 Å². The van der Waals surface area contributed by atoms with Gasteiger partial charge in [0, 0.05) is 23.5 Å². The number of rotatable bonds is 5. The van der Waals surface area contributed by atoms with E-state index < -0.39 is 17.3 Å². The predicted octanol–water partition coefficient (Wildman–Crippen LogP) is 4.09. The molecule has 0 radical (unpaired) electrons. The van der Waals surface area contributed by atoms with Crippen molar-refractivity contribution in [2.24, 2.45) is 0 Å². The van der Waals surface area contributed by atoms with Crippen LogP contribution in [0, 0.1) is 0 Å². The van der Waals surface area contributed by atoms with Gasteiger partial charge in [0.05, 0.1) is 0 Å². The molecule has 0 amide bonds. The number of hydrogen-bond donors (Lipinski definition) is 0. The SMILES string of the molecule is COC(C)(C(=O)OC(C)(C)C)N(C)Sc1ccc(Br)cc1. The Labute approximate surface area is 139 Å². The van der Waals surface area contributed by atoms with Gasteiger partial charge in [-0.2, -0.15) is 0 Å². The largest absolute Gasteiger partial charge is 0.457 e. The normalized spacial score (nSPS) is 14.9. The second kappa shape index (κ2) is 7.13. The summed E-state index contributed by atoms with van der Waals surface area (Å²) in [5.41, 5.74) is -1.72. The van der Waals surface area contributed by atoms with Gasteiger partial charge < -0.3 is 9.47 Å². The molecule has 0 aliphatic heterocycles. The van der Waals surface area contributed by atoms with Crippen molar-refractivity contribution >= 4 is 33.8 Å². The van der Waals surface area contributed by atoms with E-state index in [1.54, 1.807) is 18.3 Å². The van der Waals surface area contributed by atoms with Gasteiger partial charge in [-0.1, -0.05) is 15.9 Å². The number of carbonyl (C=O) groups excluding carboxylic acids is 1. The Bertz CT molecular complexity index is 487. The van der Waals surface area contributed by atoms with Gasteiger partial charge in [-0.25, -0.2) is 9.10 Å². The molecule has 21 heavy (non-hydrogen) atoms. The zero-order chi connectivity index (χ0) is 16.3. The smallest absolute Gasteiger partial charge is 0.355 e. The standard InChI is InChI=1S/C15H22BrNO3S/c1-14(2,3)20-13(18)15(4,19-6)17(5)21-12-9-7-11(16)8-10-12/h7-10H,1-6H3. The van der Waals surface area contributed by atoms with Crippen molar-refractivity contribution in [1.29, 1.82) is 0 Å². The van der Waals surface area contributed by atoms with Crippen LogP contribution in [-0.4, -0.2) is 35.8 Å². The Morgan fingerprint density at radius 1 is 1.19 bits per heavy atom. The van der Waals surface area contributed by atoms with E-state index in [0.29, 0.717) is 0 Å². The highest BCUT2D eigenvalue weighted by molar-refractivity contribution is 9.10. The number of nitrogens with zero attached hydrogens (tertiary/aromatic N) is 1. The molecule has 1 unspecified atom stereocenters. The minimum absolute atomic E-state index is 0.412. The van der Waals surface area contributed by atoms with E-state index in [4.69, 9.17) is 9.47 Å². The van der Waals surface area contributed by atoms with Crippen LogP contribution < -0.4 is 0 Å². The molecular weight excluding hydrogens is 354 g/mol. The number of carbonyl (C=O) groups is 1. The van der Waals surface area contributed by atoms with Crippen molar-refractivity contribution in [3.05, 3.63) is 28.7 Å². The molecule has 1 aromatic rings. The summed E-state index contributed by atoms with van der Waals surface area (Å²) in [5.74, 6) is -0.412. The highest BCUT2D eigenvalue weighted by Gasteiger charge is 2.42. The van der Waals surface area contributed by atoms with E-state index in [9.17, 15) is 4.79 Å². The number of halogens is 1. The summed E-state index contributed by atoms with van der Waals surface area (Å²) in [7, 11) is 3.31. The highest BCUT2D eigenvalue weighted by atomic mass is 79.9. The van der Waals surface area contributed by atoms with E-state index in [1.807, 2.05) is 45.0 Å². The first kappa shape index (κ1) is 18.5. The average molecular weight is 376 g/mol. The summed E-state index contributed by atoms with van der Waals surface area (Å²) in [6, 6.07) is 7.84. The van der Waals surface area contributed by atoms with Gasteiger partial charge >= 0.3 is 5.97 Å². The number of ether oxygens (including phenoxy) is 2. The first-order valence-electron chi connectivity index (χ1n) is 6.54. The van der Waals surface area contributed by atoms with E-state index >= 15 is 0 Å². The Morgan fingerprint density at radius 2 is 1.71 bits per heavy atom. The number of benzene rings is 1. The molecule has 0 aliphatic rings. The van der Waals surface area contributed by atoms with Crippen LogP contribution in [0.1, 0.15) is 27.7 Å². The van der Waals surface area contributed by atoms with Crippen LogP contribution in [0.3, 0.4) is 0 Å². The van der Waals surface area contributed by atoms with Gasteiger partial charge in [0.2, 0.25) is 5.72 Å². The third-order valence-corrected chi connectivity index (χ3v) is 4.47. The molecule has 4 nitrogen and oxygen atoms in total. The molecule has 0 aromatic heterocycles. The molecule has 0 saturated heterocycles. The maximum absolute atomic E-state index is 12.4. The third kappa shape index (κ3) is 5.29. The molecule has 0 aliphatic carbocycles. The molecule has 0 fully saturated rings. The Kier molecular flexibility index (Phi) is 6.28. The molecule has 1 aromatic carbocycles. The summed E-state index contributed by atoms with van der Waals surface area (Å²) in [4.78, 5) is 13.4. The van der Waals surface area contributed by atoms with Crippen LogP contribution in [0.15, 0.2) is 33.6 Å². The van der Waals surface area contributed by atoms with Crippen LogP contribution in [0.5, 0.6) is 0 Å². The van der Waals surface area contributed by atoms with Crippen molar-refractivity contribution in [2.45, 2.75) is 43.9 Å². The lowest BCUT2D eigenvalue weighted by atomic mass is 10.2. The predicted molar refractivity (Wildman–Crippen MR) is 89.0 cm³/mol. The quantitative estimate of drug-likeness (QED) is 0.440. The lowest BCUT2D eigenvalue weighted by molar-refractivity contribution is -0.190. The number of likely N-dealkylation sites (N-methyl/N-ethyl adjacent to an activating group) is 1. The molecule has 118 valence electrons. The van der Waals surface area contributed by atoms with Crippen molar-refractivity contribution in [1.82, 2.24) is 4.31 Å². The summed E-state index contributed by atoms with van der Waals surface area (Å²) in [6.07, 6.45) is 0. The van der Waals surface area contributed by atoms with Gasteiger partial charge in [0.25, 0.3) is 0 Å². The van der Waals surface area contributed by atoms with Gasteiger partial charge in [-0.15, -0.1) is 0 Å². The van der Waals surface area contributed by atoms with E-state index in [-0.39, 0.29) is 0 Å². The third-order valence-electron chi connectivity index (χ3n) is 2.83. The zero-order valence-corrected chi connectivity index (χ0v) is 15.7. The highest BCUT2D eigenvalue weighted by Crippen LogP contribution is 2.31. The second-order valence-corrected chi connectivity index (χ2v) is 7.85. The van der Waals surface area contributed by atoms with E-state index in [0.717, 1.165) is 9.37 Å². The fraction of sp³-hybridized carbons (Fsp3) is 0.533. The molecule has 6 heteroatoms. The Balaban J connectivity index is 2.86. The van der Waals surface area contributed by atoms with Gasteiger partial charge in [0.15, 0.2) is 0 Å². The summed E-state index contributed by atoms with van der Waals surface area (Å²) in [6.45, 7) is 7.21. The first-order valence-corrected chi connectivity index (χ1v) is 8.11. The zero-order valence-electron chi connectivity index (χ0n) is 13.3. The topological polar surface area (TPSA) is 38.8 Å². The minimum atomic E-state index is -1.16. The van der Waals surface area contributed by atoms with Crippen LogP contribution in [-0.2, 0) is 14.3 Å². The van der Waals surface area contributed by atoms with Gasteiger partial charge in [-0.3, -0.25) is 0 Å². The average Bonchev–Trinajstić information content (AvgIpc) is 2.38. The monoisotopic (exact) mass is 375 g/mol. The molecule has 1 rings (SSSR count). The fourth-order valence-electron chi connectivity index (χ4n) is 1.45. The lowest BCUT2D eigenvalue weighted by Crippen LogP contribution is -2.51. The lowest BCUT2D eigenvalue weighted by Gasteiger charge is -2.36. The molecular formula is C15H22BrNO3S. The van der Waals surface area contributed by atoms with Crippen molar-refractivity contribution < 1.29 is 14.3 Å². The fourth-order valence-corrected chi connectivity index (χ4v) is 2.62. The molecule has 0 spiro atoms. The molecule has 0 N–H and O–H groups in total. The maximum atomic E-state index is 12.4. The van der Waals surface area contributed by atoms with Gasteiger partial charge in [0.1, 0.15) is 5.60 Å². The van der Waals surface area contributed by atoms with Crippen LogP contribution in [0.2, 0.25) is 0 Å². The summed E-state index contributed by atoms with van der Waals surface area (Å²) < 4.78 is 13.6. The van der Waals surface area contributed by atoms with Gasteiger partial charge in [-0.05, 0) is 63.9 Å².